The highest BCUT2D eigenvalue weighted by Gasteiger charge is 2.52. The Hall–Kier alpha value is -1.40. The topological polar surface area (TPSA) is 47.6 Å². The van der Waals surface area contributed by atoms with Crippen molar-refractivity contribution in [2.45, 2.75) is 45.3 Å². The minimum Gasteiger partial charge on any atom is -0.399 e. The summed E-state index contributed by atoms with van der Waals surface area (Å²) in [4.78, 5) is 11.4. The minimum atomic E-state index is -0.761. The number of nitrogens with one attached hydrogen (secondary N) is 1. The Balaban J connectivity index is 1.98. The largest absolute Gasteiger partial charge is 0.497 e. The molecular weight excluding hydrogens is 260 g/mol. The molecule has 2 aliphatic rings. The Labute approximate surface area is 117 Å². The van der Waals surface area contributed by atoms with Gasteiger partial charge in [0.05, 0.1) is 23.3 Å². The zero-order valence-corrected chi connectivity index (χ0v) is 12.0. The predicted molar refractivity (Wildman–Crippen MR) is 74.4 cm³/mol. The third-order valence-electron chi connectivity index (χ3n) is 4.38. The highest BCUT2D eigenvalue weighted by atomic mass is 19.1. The predicted octanol–water partition coefficient (Wildman–Crippen LogP) is 1.62. The first kappa shape index (κ1) is 13.6. The molecule has 0 saturated carbocycles. The van der Waals surface area contributed by atoms with Gasteiger partial charge >= 0.3 is 7.12 Å². The molecule has 4 nitrogen and oxygen atoms in total. The molecule has 2 heterocycles. The van der Waals surface area contributed by atoms with Crippen LogP contribution < -0.4 is 10.8 Å². The number of fused-ring (bicyclic) bond motifs is 1. The molecular formula is C14H17BFNO3. The van der Waals surface area contributed by atoms with Gasteiger partial charge in [-0.2, -0.15) is 0 Å². The Morgan fingerprint density at radius 3 is 2.40 bits per heavy atom. The van der Waals surface area contributed by atoms with E-state index in [4.69, 9.17) is 9.31 Å². The molecule has 0 aromatic heterocycles. The summed E-state index contributed by atoms with van der Waals surface area (Å²) < 4.78 is 26.2. The normalized spacial score (nSPS) is 22.9. The molecule has 1 aromatic rings. The molecule has 0 unspecified atom stereocenters. The van der Waals surface area contributed by atoms with Crippen molar-refractivity contribution in [2.24, 2.45) is 0 Å². The fourth-order valence-corrected chi connectivity index (χ4v) is 2.42. The van der Waals surface area contributed by atoms with Crippen LogP contribution in [0.25, 0.3) is 0 Å². The van der Waals surface area contributed by atoms with Crippen LogP contribution in [0.5, 0.6) is 0 Å². The Bertz CT molecular complexity index is 584. The van der Waals surface area contributed by atoms with Gasteiger partial charge in [-0.05, 0) is 33.3 Å². The molecule has 106 valence electrons. The van der Waals surface area contributed by atoms with Gasteiger partial charge in [-0.1, -0.05) is 12.1 Å². The Morgan fingerprint density at radius 2 is 1.80 bits per heavy atom. The first-order chi connectivity index (χ1) is 9.21. The van der Waals surface area contributed by atoms with Crippen LogP contribution in [0, 0.1) is 5.82 Å². The SMILES string of the molecule is CC1(C)OB(c2ccc3c(c2F)NC(=O)C3)OC1(C)C. The number of carbonyl (C=O) groups is 1. The number of hydrogen-bond acceptors (Lipinski definition) is 3. The van der Waals surface area contributed by atoms with Crippen molar-refractivity contribution in [3.8, 4) is 0 Å². The average Bonchev–Trinajstić information content (AvgIpc) is 2.78. The van der Waals surface area contributed by atoms with E-state index in [0.717, 1.165) is 0 Å². The molecule has 0 bridgehead atoms. The summed E-state index contributed by atoms with van der Waals surface area (Å²) in [6, 6.07) is 3.38. The summed E-state index contributed by atoms with van der Waals surface area (Å²) in [7, 11) is -0.761. The molecule has 3 rings (SSSR count). The molecule has 0 radical (unpaired) electrons. The molecule has 1 aromatic carbocycles. The van der Waals surface area contributed by atoms with Crippen LogP contribution in [0.3, 0.4) is 0 Å². The van der Waals surface area contributed by atoms with E-state index in [1.54, 1.807) is 12.1 Å². The quantitative estimate of drug-likeness (QED) is 0.793. The van der Waals surface area contributed by atoms with Crippen LogP contribution in [-0.2, 0) is 20.5 Å². The monoisotopic (exact) mass is 277 g/mol. The van der Waals surface area contributed by atoms with Crippen LogP contribution in [0.2, 0.25) is 0 Å². The van der Waals surface area contributed by atoms with Gasteiger partial charge < -0.3 is 14.6 Å². The molecule has 0 spiro atoms. The fraction of sp³-hybridized carbons (Fsp3) is 0.500. The van der Waals surface area contributed by atoms with Gasteiger partial charge in [0.25, 0.3) is 0 Å². The van der Waals surface area contributed by atoms with Gasteiger partial charge in [-0.25, -0.2) is 4.39 Å². The molecule has 6 heteroatoms. The number of hydrogen-bond donors (Lipinski definition) is 1. The lowest BCUT2D eigenvalue weighted by atomic mass is 9.78. The van der Waals surface area contributed by atoms with E-state index in [-0.39, 0.29) is 18.0 Å². The van der Waals surface area contributed by atoms with Crippen molar-refractivity contribution < 1.29 is 18.5 Å². The van der Waals surface area contributed by atoms with Gasteiger partial charge in [0.2, 0.25) is 5.91 Å². The number of carbonyl (C=O) groups excluding carboxylic acids is 1. The van der Waals surface area contributed by atoms with Gasteiger partial charge in [0.15, 0.2) is 0 Å². The van der Waals surface area contributed by atoms with Crippen molar-refractivity contribution in [1.29, 1.82) is 0 Å². The third-order valence-corrected chi connectivity index (χ3v) is 4.38. The number of rotatable bonds is 1. The number of benzene rings is 1. The van der Waals surface area contributed by atoms with Crippen LogP contribution in [0.4, 0.5) is 10.1 Å². The summed E-state index contributed by atoms with van der Waals surface area (Å²) in [5, 5.41) is 2.55. The van der Waals surface area contributed by atoms with Crippen molar-refractivity contribution in [1.82, 2.24) is 0 Å². The number of anilines is 1. The maximum Gasteiger partial charge on any atom is 0.497 e. The second kappa shape index (κ2) is 4.05. The van der Waals surface area contributed by atoms with Crippen LogP contribution in [-0.4, -0.2) is 24.2 Å². The van der Waals surface area contributed by atoms with E-state index < -0.39 is 24.1 Å². The molecule has 1 fully saturated rings. The van der Waals surface area contributed by atoms with E-state index in [1.807, 2.05) is 27.7 Å². The van der Waals surface area contributed by atoms with Gasteiger partial charge in [0.1, 0.15) is 5.82 Å². The lowest BCUT2D eigenvalue weighted by Crippen LogP contribution is -2.41. The zero-order chi connectivity index (χ0) is 14.7. The van der Waals surface area contributed by atoms with E-state index >= 15 is 0 Å². The second-order valence-electron chi connectivity index (χ2n) is 6.32. The maximum absolute atomic E-state index is 14.5. The minimum absolute atomic E-state index is 0.190. The van der Waals surface area contributed by atoms with Gasteiger partial charge in [-0.15, -0.1) is 0 Å². The van der Waals surface area contributed by atoms with E-state index in [0.29, 0.717) is 11.0 Å². The standard InChI is InChI=1S/C14H17BFNO3/c1-13(2)14(3,4)20-15(19-13)9-6-5-8-7-10(18)17-12(8)11(9)16/h5-6H,7H2,1-4H3,(H,17,18). The van der Waals surface area contributed by atoms with E-state index in [1.165, 1.54) is 0 Å². The summed E-state index contributed by atoms with van der Waals surface area (Å²) in [5.74, 6) is -0.656. The molecule has 1 amide bonds. The number of halogens is 1. The molecule has 1 N–H and O–H groups in total. The van der Waals surface area contributed by atoms with E-state index in [2.05, 4.69) is 5.32 Å². The Kier molecular flexibility index (Phi) is 2.75. The smallest absolute Gasteiger partial charge is 0.399 e. The van der Waals surface area contributed by atoms with Gasteiger partial charge in [-0.3, -0.25) is 4.79 Å². The fourth-order valence-electron chi connectivity index (χ4n) is 2.42. The molecule has 1 saturated heterocycles. The van der Waals surface area contributed by atoms with Crippen molar-refractivity contribution in [3.63, 3.8) is 0 Å². The van der Waals surface area contributed by atoms with Crippen molar-refractivity contribution >= 4 is 24.2 Å². The second-order valence-corrected chi connectivity index (χ2v) is 6.32. The van der Waals surface area contributed by atoms with Crippen LogP contribution in [0.1, 0.15) is 33.3 Å². The van der Waals surface area contributed by atoms with Crippen LogP contribution in [0.15, 0.2) is 12.1 Å². The molecule has 0 aliphatic carbocycles. The highest BCUT2D eigenvalue weighted by molar-refractivity contribution is 6.62. The lowest BCUT2D eigenvalue weighted by molar-refractivity contribution is -0.115. The first-order valence-electron chi connectivity index (χ1n) is 6.68. The lowest BCUT2D eigenvalue weighted by Gasteiger charge is -2.32. The first-order valence-corrected chi connectivity index (χ1v) is 6.68. The molecule has 0 atom stereocenters. The summed E-state index contributed by atoms with van der Waals surface area (Å²) in [6.45, 7) is 7.67. The summed E-state index contributed by atoms with van der Waals surface area (Å²) in [6.07, 6.45) is 0.218. The zero-order valence-electron chi connectivity index (χ0n) is 12.0. The summed E-state index contributed by atoms with van der Waals surface area (Å²) >= 11 is 0. The summed E-state index contributed by atoms with van der Waals surface area (Å²) in [5.41, 5.74) is 0.207. The Morgan fingerprint density at radius 1 is 1.20 bits per heavy atom. The van der Waals surface area contributed by atoms with Crippen LogP contribution >= 0.6 is 0 Å². The number of amides is 1. The van der Waals surface area contributed by atoms with E-state index in [9.17, 15) is 9.18 Å². The third kappa shape index (κ3) is 1.86. The van der Waals surface area contributed by atoms with Crippen molar-refractivity contribution in [3.05, 3.63) is 23.5 Å². The molecule has 20 heavy (non-hydrogen) atoms. The highest BCUT2D eigenvalue weighted by Crippen LogP contribution is 2.37. The van der Waals surface area contributed by atoms with Crippen molar-refractivity contribution in [2.75, 3.05) is 5.32 Å². The molecule has 2 aliphatic heterocycles. The average molecular weight is 277 g/mol. The van der Waals surface area contributed by atoms with Gasteiger partial charge in [0, 0.05) is 5.46 Å². The maximum atomic E-state index is 14.5.